The number of halogens is 1. The molecule has 0 atom stereocenters. The van der Waals surface area contributed by atoms with Gasteiger partial charge in [0.25, 0.3) is 10.0 Å². The minimum atomic E-state index is -4.07. The smallest absolute Gasteiger partial charge is 0.338 e. The lowest BCUT2D eigenvalue weighted by atomic mass is 10.1. The number of hydrogen-bond donors (Lipinski definition) is 1. The average molecular weight is 501 g/mol. The zero-order valence-corrected chi connectivity index (χ0v) is 20.6. The predicted octanol–water partition coefficient (Wildman–Crippen LogP) is 4.97. The van der Waals surface area contributed by atoms with E-state index in [-0.39, 0.29) is 17.2 Å². The zero-order valence-electron chi connectivity index (χ0n) is 19.0. The van der Waals surface area contributed by atoms with Crippen LogP contribution in [0.15, 0.2) is 71.6 Å². The lowest BCUT2D eigenvalue weighted by Gasteiger charge is -2.24. The fourth-order valence-electron chi connectivity index (χ4n) is 3.30. The van der Waals surface area contributed by atoms with E-state index in [9.17, 15) is 18.0 Å². The van der Waals surface area contributed by atoms with Crippen LogP contribution in [-0.2, 0) is 19.6 Å². The summed E-state index contributed by atoms with van der Waals surface area (Å²) in [4.78, 5) is 25.2. The van der Waals surface area contributed by atoms with Crippen LogP contribution in [-0.4, -0.2) is 33.4 Å². The first-order valence-corrected chi connectivity index (χ1v) is 12.4. The second kappa shape index (κ2) is 10.7. The molecule has 0 fully saturated rings. The van der Waals surface area contributed by atoms with Gasteiger partial charge in [-0.1, -0.05) is 41.4 Å². The van der Waals surface area contributed by atoms with E-state index < -0.39 is 28.4 Å². The number of hydrogen-bond acceptors (Lipinski definition) is 5. The van der Waals surface area contributed by atoms with E-state index in [1.54, 1.807) is 62.4 Å². The molecule has 0 aliphatic rings. The Morgan fingerprint density at radius 2 is 1.68 bits per heavy atom. The second-order valence-corrected chi connectivity index (χ2v) is 9.85. The third kappa shape index (κ3) is 5.76. The van der Waals surface area contributed by atoms with Crippen LogP contribution in [0.25, 0.3) is 0 Å². The molecule has 0 saturated carbocycles. The minimum Gasteiger partial charge on any atom is -0.462 e. The SMILES string of the molecule is CCOC(=O)c1cccc(NC(=O)CN(c2cccc(Cl)c2)S(=O)(=O)c2ccc(C)cc2)c1C. The third-order valence-electron chi connectivity index (χ3n) is 5.10. The minimum absolute atomic E-state index is 0.0476. The van der Waals surface area contributed by atoms with Crippen LogP contribution in [0.4, 0.5) is 11.4 Å². The number of sulfonamides is 1. The maximum atomic E-state index is 13.5. The normalized spacial score (nSPS) is 11.1. The number of ether oxygens (including phenoxy) is 1. The Kier molecular flexibility index (Phi) is 7.96. The van der Waals surface area contributed by atoms with E-state index in [2.05, 4.69) is 5.32 Å². The van der Waals surface area contributed by atoms with Gasteiger partial charge >= 0.3 is 5.97 Å². The molecule has 178 valence electrons. The van der Waals surface area contributed by atoms with Crippen molar-refractivity contribution in [2.75, 3.05) is 22.8 Å². The monoisotopic (exact) mass is 500 g/mol. The number of rotatable bonds is 8. The van der Waals surface area contributed by atoms with Gasteiger partial charge in [-0.3, -0.25) is 9.10 Å². The van der Waals surface area contributed by atoms with Crippen molar-refractivity contribution in [3.63, 3.8) is 0 Å². The molecule has 0 heterocycles. The van der Waals surface area contributed by atoms with Crippen molar-refractivity contribution in [2.24, 2.45) is 0 Å². The molecule has 0 unspecified atom stereocenters. The van der Waals surface area contributed by atoms with E-state index >= 15 is 0 Å². The molecular weight excluding hydrogens is 476 g/mol. The molecule has 1 amide bonds. The highest BCUT2D eigenvalue weighted by Crippen LogP contribution is 2.27. The lowest BCUT2D eigenvalue weighted by molar-refractivity contribution is -0.114. The lowest BCUT2D eigenvalue weighted by Crippen LogP contribution is -2.38. The first-order chi connectivity index (χ1) is 16.1. The van der Waals surface area contributed by atoms with Crippen molar-refractivity contribution < 1.29 is 22.7 Å². The molecule has 0 bridgehead atoms. The molecule has 3 rings (SSSR count). The first-order valence-electron chi connectivity index (χ1n) is 10.5. The molecule has 7 nitrogen and oxygen atoms in total. The number of nitrogens with one attached hydrogen (secondary N) is 1. The van der Waals surface area contributed by atoms with Gasteiger partial charge < -0.3 is 10.1 Å². The van der Waals surface area contributed by atoms with Crippen LogP contribution < -0.4 is 9.62 Å². The van der Waals surface area contributed by atoms with Crippen LogP contribution in [0, 0.1) is 13.8 Å². The summed E-state index contributed by atoms with van der Waals surface area (Å²) in [7, 11) is -4.07. The van der Waals surface area contributed by atoms with Crippen molar-refractivity contribution in [1.29, 1.82) is 0 Å². The van der Waals surface area contributed by atoms with Gasteiger partial charge in [-0.2, -0.15) is 0 Å². The van der Waals surface area contributed by atoms with E-state index in [1.165, 1.54) is 18.2 Å². The Balaban J connectivity index is 1.93. The highest BCUT2D eigenvalue weighted by atomic mass is 35.5. The summed E-state index contributed by atoms with van der Waals surface area (Å²) < 4.78 is 33.0. The van der Waals surface area contributed by atoms with E-state index in [4.69, 9.17) is 16.3 Å². The molecule has 0 aliphatic heterocycles. The Labute approximate surface area is 204 Å². The highest BCUT2D eigenvalue weighted by Gasteiger charge is 2.28. The molecule has 1 N–H and O–H groups in total. The molecule has 0 aliphatic carbocycles. The molecule has 0 aromatic heterocycles. The van der Waals surface area contributed by atoms with E-state index in [1.807, 2.05) is 6.92 Å². The quantitative estimate of drug-likeness (QED) is 0.441. The number of benzene rings is 3. The Morgan fingerprint density at radius 1 is 1.00 bits per heavy atom. The van der Waals surface area contributed by atoms with Gasteiger partial charge in [-0.25, -0.2) is 13.2 Å². The van der Waals surface area contributed by atoms with Crippen LogP contribution in [0.2, 0.25) is 5.02 Å². The van der Waals surface area contributed by atoms with Crippen molar-refractivity contribution in [3.8, 4) is 0 Å². The molecule has 0 saturated heterocycles. The first kappa shape index (κ1) is 25.3. The summed E-state index contributed by atoms with van der Waals surface area (Å²) in [6.45, 7) is 4.96. The van der Waals surface area contributed by atoms with Gasteiger partial charge in [0, 0.05) is 10.7 Å². The van der Waals surface area contributed by atoms with Gasteiger partial charge in [-0.15, -0.1) is 0 Å². The number of aryl methyl sites for hydroxylation is 1. The van der Waals surface area contributed by atoms with Crippen LogP contribution in [0.5, 0.6) is 0 Å². The van der Waals surface area contributed by atoms with Crippen LogP contribution in [0.1, 0.15) is 28.4 Å². The van der Waals surface area contributed by atoms with Gasteiger partial charge in [0.2, 0.25) is 5.91 Å². The number of esters is 1. The topological polar surface area (TPSA) is 92.8 Å². The van der Waals surface area contributed by atoms with Crippen molar-refractivity contribution in [3.05, 3.63) is 88.4 Å². The Bertz CT molecular complexity index is 1310. The maximum absolute atomic E-state index is 13.5. The Morgan fingerprint density at radius 3 is 2.32 bits per heavy atom. The van der Waals surface area contributed by atoms with Gasteiger partial charge in [0.15, 0.2) is 0 Å². The summed E-state index contributed by atoms with van der Waals surface area (Å²) in [6, 6.07) is 17.5. The largest absolute Gasteiger partial charge is 0.462 e. The Hall–Kier alpha value is -3.36. The highest BCUT2D eigenvalue weighted by molar-refractivity contribution is 7.92. The summed E-state index contributed by atoms with van der Waals surface area (Å²) in [6.07, 6.45) is 0. The summed E-state index contributed by atoms with van der Waals surface area (Å²) >= 11 is 6.10. The summed E-state index contributed by atoms with van der Waals surface area (Å²) in [5.74, 6) is -1.08. The molecule has 3 aromatic carbocycles. The fraction of sp³-hybridized carbons (Fsp3) is 0.200. The van der Waals surface area contributed by atoms with Crippen molar-refractivity contribution in [1.82, 2.24) is 0 Å². The molecule has 34 heavy (non-hydrogen) atoms. The van der Waals surface area contributed by atoms with Crippen molar-refractivity contribution in [2.45, 2.75) is 25.7 Å². The molecule has 3 aromatic rings. The number of carbonyl (C=O) groups is 2. The number of amides is 1. The summed E-state index contributed by atoms with van der Waals surface area (Å²) in [5.41, 5.74) is 2.38. The average Bonchev–Trinajstić information content (AvgIpc) is 2.79. The standard InChI is InChI=1S/C25H25ClN2O5S/c1-4-33-25(30)22-9-6-10-23(18(22)3)27-24(29)16-28(20-8-5-7-19(26)15-20)34(31,32)21-13-11-17(2)12-14-21/h5-15H,4,16H2,1-3H3,(H,27,29). The molecular formula is C25H25ClN2O5S. The number of anilines is 2. The summed E-state index contributed by atoms with van der Waals surface area (Å²) in [5, 5.41) is 3.04. The van der Waals surface area contributed by atoms with Gasteiger partial charge in [0.05, 0.1) is 22.8 Å². The van der Waals surface area contributed by atoms with Crippen LogP contribution >= 0.6 is 11.6 Å². The van der Waals surface area contributed by atoms with E-state index in [0.29, 0.717) is 21.8 Å². The second-order valence-electron chi connectivity index (χ2n) is 7.55. The van der Waals surface area contributed by atoms with E-state index in [0.717, 1.165) is 9.87 Å². The van der Waals surface area contributed by atoms with Gasteiger partial charge in [0.1, 0.15) is 6.54 Å². The van der Waals surface area contributed by atoms with Crippen LogP contribution in [0.3, 0.4) is 0 Å². The third-order valence-corrected chi connectivity index (χ3v) is 7.12. The number of carbonyl (C=O) groups excluding carboxylic acids is 2. The maximum Gasteiger partial charge on any atom is 0.338 e. The predicted molar refractivity (Wildman–Crippen MR) is 133 cm³/mol. The zero-order chi connectivity index (χ0) is 24.9. The van der Waals surface area contributed by atoms with Crippen molar-refractivity contribution >= 4 is 44.9 Å². The number of nitrogens with zero attached hydrogens (tertiary/aromatic N) is 1. The molecule has 9 heteroatoms. The fourth-order valence-corrected chi connectivity index (χ4v) is 4.90. The molecule has 0 spiro atoms. The molecule has 0 radical (unpaired) electrons. The van der Waals surface area contributed by atoms with Gasteiger partial charge in [-0.05, 0) is 68.8 Å².